The second-order valence-corrected chi connectivity index (χ2v) is 6.49. The molecule has 2 rings (SSSR count). The fourth-order valence-electron chi connectivity index (χ4n) is 2.20. The van der Waals surface area contributed by atoms with Crippen molar-refractivity contribution in [1.29, 1.82) is 0 Å². The molecule has 2 aromatic rings. The number of carbonyl (C=O) groups is 1. The Hall–Kier alpha value is -1.52. The van der Waals surface area contributed by atoms with E-state index in [9.17, 15) is 4.79 Å². The molecule has 0 fully saturated rings. The van der Waals surface area contributed by atoms with Crippen LogP contribution in [0.4, 0.5) is 11.4 Å². The van der Waals surface area contributed by atoms with E-state index in [1.165, 1.54) is 0 Å². The first-order chi connectivity index (χ1) is 10.5. The molecule has 1 amide bonds. The van der Waals surface area contributed by atoms with E-state index in [1.54, 1.807) is 0 Å². The fourth-order valence-corrected chi connectivity index (χ4v) is 2.85. The number of nitrogens with one attached hydrogen (secondary N) is 2. The van der Waals surface area contributed by atoms with Gasteiger partial charge >= 0.3 is 0 Å². The molecule has 0 aliphatic carbocycles. The van der Waals surface area contributed by atoms with Crippen LogP contribution in [0.25, 0.3) is 0 Å². The van der Waals surface area contributed by atoms with Crippen LogP contribution < -0.4 is 10.6 Å². The first-order valence-corrected chi connectivity index (χ1v) is 8.19. The molecule has 0 aromatic heterocycles. The molecule has 116 valence electrons. The van der Waals surface area contributed by atoms with Crippen LogP contribution in [0, 0.1) is 13.8 Å². The zero-order chi connectivity index (χ0) is 16.1. The summed E-state index contributed by atoms with van der Waals surface area (Å²) < 4.78 is 0.983. The molecule has 0 saturated carbocycles. The highest BCUT2D eigenvalue weighted by Gasteiger charge is 2.07. The summed E-state index contributed by atoms with van der Waals surface area (Å²) in [7, 11) is 0. The average Bonchev–Trinajstić information content (AvgIpc) is 2.44. The number of anilines is 2. The third kappa shape index (κ3) is 4.75. The Kier molecular flexibility index (Phi) is 5.86. The van der Waals surface area contributed by atoms with Crippen molar-refractivity contribution in [3.63, 3.8) is 0 Å². The van der Waals surface area contributed by atoms with Crippen molar-refractivity contribution in [2.75, 3.05) is 17.2 Å². The topological polar surface area (TPSA) is 41.1 Å². The summed E-state index contributed by atoms with van der Waals surface area (Å²) in [6, 6.07) is 11.5. The molecule has 2 aromatic carbocycles. The van der Waals surface area contributed by atoms with Gasteiger partial charge in [-0.2, -0.15) is 0 Å². The Bertz CT molecular complexity index is 648. The predicted octanol–water partition coefficient (Wildman–Crippen LogP) is 5.16. The maximum atomic E-state index is 11.9. The highest BCUT2D eigenvalue weighted by atomic mass is 79.9. The molecule has 0 spiro atoms. The zero-order valence-corrected chi connectivity index (χ0v) is 14.9. The van der Waals surface area contributed by atoms with Crippen molar-refractivity contribution < 1.29 is 4.79 Å². The van der Waals surface area contributed by atoms with Crippen LogP contribution in [-0.4, -0.2) is 12.5 Å². The highest BCUT2D eigenvalue weighted by Crippen LogP contribution is 2.27. The predicted molar refractivity (Wildman–Crippen MR) is 96.8 cm³/mol. The van der Waals surface area contributed by atoms with Gasteiger partial charge in [0.25, 0.3) is 0 Å². The average molecular weight is 382 g/mol. The van der Waals surface area contributed by atoms with E-state index in [0.717, 1.165) is 27.0 Å². The van der Waals surface area contributed by atoms with Crippen molar-refractivity contribution in [3.05, 3.63) is 57.0 Å². The number of hydrogen-bond acceptors (Lipinski definition) is 2. The Labute approximate surface area is 144 Å². The lowest BCUT2D eigenvalue weighted by Crippen LogP contribution is -2.16. The zero-order valence-electron chi connectivity index (χ0n) is 12.5. The molecule has 0 bridgehead atoms. The fraction of sp³-hybridized carbons (Fsp3) is 0.235. The molecule has 3 nitrogen and oxygen atoms in total. The van der Waals surface area contributed by atoms with E-state index in [1.807, 2.05) is 44.2 Å². The van der Waals surface area contributed by atoms with Gasteiger partial charge in [0, 0.05) is 23.1 Å². The Morgan fingerprint density at radius 2 is 1.86 bits per heavy atom. The Balaban J connectivity index is 1.86. The first-order valence-electron chi connectivity index (χ1n) is 7.02. The summed E-state index contributed by atoms with van der Waals surface area (Å²) in [6.45, 7) is 4.55. The summed E-state index contributed by atoms with van der Waals surface area (Å²) >= 11 is 9.59. The van der Waals surface area contributed by atoms with Crippen molar-refractivity contribution in [2.45, 2.75) is 20.3 Å². The van der Waals surface area contributed by atoms with Gasteiger partial charge in [0.2, 0.25) is 5.91 Å². The van der Waals surface area contributed by atoms with Gasteiger partial charge in [-0.15, -0.1) is 0 Å². The van der Waals surface area contributed by atoms with Crippen LogP contribution >= 0.6 is 27.5 Å². The number of aryl methyl sites for hydroxylation is 2. The third-order valence-corrected chi connectivity index (χ3v) is 4.04. The minimum absolute atomic E-state index is 0.0318. The maximum absolute atomic E-state index is 11.9. The van der Waals surface area contributed by atoms with Crippen LogP contribution in [-0.2, 0) is 4.79 Å². The number of rotatable bonds is 5. The number of benzene rings is 2. The number of hydrogen-bond donors (Lipinski definition) is 2. The van der Waals surface area contributed by atoms with Crippen molar-refractivity contribution in [3.8, 4) is 0 Å². The van der Waals surface area contributed by atoms with Gasteiger partial charge in [-0.05, 0) is 55.3 Å². The first kappa shape index (κ1) is 16.8. The number of amides is 1. The molecule has 0 unspecified atom stereocenters. The van der Waals surface area contributed by atoms with Gasteiger partial charge < -0.3 is 10.6 Å². The molecule has 0 heterocycles. The normalized spacial score (nSPS) is 10.4. The summed E-state index contributed by atoms with van der Waals surface area (Å²) in [5.41, 5.74) is 3.89. The van der Waals surface area contributed by atoms with E-state index in [4.69, 9.17) is 11.6 Å². The lowest BCUT2D eigenvalue weighted by molar-refractivity contribution is -0.115. The van der Waals surface area contributed by atoms with Gasteiger partial charge in [-0.1, -0.05) is 33.6 Å². The second-order valence-electron chi connectivity index (χ2n) is 5.17. The van der Waals surface area contributed by atoms with Crippen LogP contribution in [0.5, 0.6) is 0 Å². The van der Waals surface area contributed by atoms with E-state index >= 15 is 0 Å². The maximum Gasteiger partial charge on any atom is 0.226 e. The molecule has 5 heteroatoms. The molecule has 0 radical (unpaired) electrons. The number of halogens is 2. The van der Waals surface area contributed by atoms with Gasteiger partial charge in [-0.3, -0.25) is 4.79 Å². The van der Waals surface area contributed by atoms with Gasteiger partial charge in [0.1, 0.15) is 0 Å². The second kappa shape index (κ2) is 7.65. The minimum Gasteiger partial charge on any atom is -0.383 e. The minimum atomic E-state index is -0.0318. The van der Waals surface area contributed by atoms with E-state index in [2.05, 4.69) is 32.6 Å². The monoisotopic (exact) mass is 380 g/mol. The van der Waals surface area contributed by atoms with Gasteiger partial charge in [-0.25, -0.2) is 0 Å². The van der Waals surface area contributed by atoms with Crippen LogP contribution in [0.1, 0.15) is 17.5 Å². The highest BCUT2D eigenvalue weighted by molar-refractivity contribution is 9.10. The molecular weight excluding hydrogens is 364 g/mol. The largest absolute Gasteiger partial charge is 0.383 e. The van der Waals surface area contributed by atoms with E-state index in [0.29, 0.717) is 18.0 Å². The lowest BCUT2D eigenvalue weighted by Gasteiger charge is -2.12. The van der Waals surface area contributed by atoms with Crippen molar-refractivity contribution >= 4 is 44.8 Å². The van der Waals surface area contributed by atoms with Crippen LogP contribution in [0.3, 0.4) is 0 Å². The lowest BCUT2D eigenvalue weighted by atomic mass is 10.1. The smallest absolute Gasteiger partial charge is 0.226 e. The summed E-state index contributed by atoms with van der Waals surface area (Å²) in [6.07, 6.45) is 0.375. The summed E-state index contributed by atoms with van der Waals surface area (Å²) in [5, 5.41) is 6.78. The molecule has 0 aliphatic heterocycles. The molecular formula is C17H18BrClN2O. The van der Waals surface area contributed by atoms with Crippen LogP contribution in [0.15, 0.2) is 40.9 Å². The van der Waals surface area contributed by atoms with Crippen molar-refractivity contribution in [1.82, 2.24) is 0 Å². The van der Waals surface area contributed by atoms with Gasteiger partial charge in [0.15, 0.2) is 0 Å². The van der Waals surface area contributed by atoms with E-state index < -0.39 is 0 Å². The SMILES string of the molecule is Cc1cc(C)c(NCCC(=O)Nc2ccc(Br)cc2)c(Cl)c1. The van der Waals surface area contributed by atoms with Gasteiger partial charge in [0.05, 0.1) is 10.7 Å². The van der Waals surface area contributed by atoms with Crippen molar-refractivity contribution in [2.24, 2.45) is 0 Å². The molecule has 0 aliphatic rings. The summed E-state index contributed by atoms with van der Waals surface area (Å²) in [5.74, 6) is -0.0318. The van der Waals surface area contributed by atoms with E-state index in [-0.39, 0.29) is 5.91 Å². The van der Waals surface area contributed by atoms with Crippen LogP contribution in [0.2, 0.25) is 5.02 Å². The quantitative estimate of drug-likeness (QED) is 0.751. The third-order valence-electron chi connectivity index (χ3n) is 3.21. The Morgan fingerprint density at radius 1 is 1.18 bits per heavy atom. The molecule has 0 atom stereocenters. The summed E-state index contributed by atoms with van der Waals surface area (Å²) in [4.78, 5) is 11.9. The molecule has 2 N–H and O–H groups in total. The molecule has 0 saturated heterocycles. The number of carbonyl (C=O) groups excluding carboxylic acids is 1. The molecule has 22 heavy (non-hydrogen) atoms. The standard InChI is InChI=1S/C17H18BrClN2O/c1-11-9-12(2)17(15(19)10-11)20-8-7-16(22)21-14-5-3-13(18)4-6-14/h3-6,9-10,20H,7-8H2,1-2H3,(H,21,22). The Morgan fingerprint density at radius 3 is 2.50 bits per heavy atom.